The number of carboxylic acid groups (broad SMARTS) is 1. The van der Waals surface area contributed by atoms with E-state index in [0.29, 0.717) is 21.5 Å². The second kappa shape index (κ2) is 7.97. The van der Waals surface area contributed by atoms with Gasteiger partial charge in [0.15, 0.2) is 0 Å². The van der Waals surface area contributed by atoms with E-state index in [2.05, 4.69) is 4.98 Å². The van der Waals surface area contributed by atoms with Gasteiger partial charge < -0.3 is 20.4 Å². The van der Waals surface area contributed by atoms with Crippen molar-refractivity contribution in [3.8, 4) is 11.1 Å². The molecule has 1 amide bonds. The monoisotopic (exact) mass is 453 g/mol. The van der Waals surface area contributed by atoms with Crippen LogP contribution in [0.2, 0.25) is 5.02 Å². The molecule has 9 heteroatoms. The number of hydrogen-bond acceptors (Lipinski definition) is 3. The molecule has 2 aromatic heterocycles. The number of hydrogen-bond donors (Lipinski definition) is 3. The molecule has 0 atom stereocenters. The second-order valence-corrected chi connectivity index (χ2v) is 7.72. The first-order chi connectivity index (χ1) is 15.2. The molecule has 0 bridgehead atoms. The maximum absolute atomic E-state index is 14.6. The predicted molar refractivity (Wildman–Crippen MR) is 119 cm³/mol. The molecule has 0 radical (unpaired) electrons. The summed E-state index contributed by atoms with van der Waals surface area (Å²) in [6.07, 6.45) is 1.44. The van der Waals surface area contributed by atoms with Gasteiger partial charge in [-0.2, -0.15) is 0 Å². The third-order valence-corrected chi connectivity index (χ3v) is 5.70. The number of pyridine rings is 1. The van der Waals surface area contributed by atoms with Crippen LogP contribution in [-0.2, 0) is 6.54 Å². The maximum Gasteiger partial charge on any atom is 0.353 e. The van der Waals surface area contributed by atoms with Crippen LogP contribution in [0.4, 0.5) is 4.39 Å². The summed E-state index contributed by atoms with van der Waals surface area (Å²) in [6, 6.07) is 10.0. The van der Waals surface area contributed by atoms with Gasteiger partial charge in [-0.25, -0.2) is 9.18 Å². The first-order valence-electron chi connectivity index (χ1n) is 9.51. The lowest BCUT2D eigenvalue weighted by Crippen LogP contribution is -2.15. The van der Waals surface area contributed by atoms with Gasteiger partial charge in [-0.15, -0.1) is 0 Å². The SMILES string of the molecule is Cc1cc2c(-c3ccc[nH]c3=O)c(C(=O)O)n(Cc3cc(C(N)=O)ccc3F)c2cc1Cl. The topological polar surface area (TPSA) is 118 Å². The number of carbonyl (C=O) groups excluding carboxylic acids is 1. The largest absolute Gasteiger partial charge is 0.477 e. The highest BCUT2D eigenvalue weighted by atomic mass is 35.5. The lowest BCUT2D eigenvalue weighted by molar-refractivity contribution is 0.0686. The minimum Gasteiger partial charge on any atom is -0.477 e. The van der Waals surface area contributed by atoms with Crippen LogP contribution < -0.4 is 11.3 Å². The molecule has 7 nitrogen and oxygen atoms in total. The number of benzene rings is 2. The van der Waals surface area contributed by atoms with Gasteiger partial charge in [-0.05, 0) is 55.0 Å². The van der Waals surface area contributed by atoms with Crippen LogP contribution in [0.5, 0.6) is 0 Å². The fraction of sp³-hybridized carbons (Fsp3) is 0.0870. The number of nitrogens with zero attached hydrogens (tertiary/aromatic N) is 1. The van der Waals surface area contributed by atoms with Crippen molar-refractivity contribution in [3.05, 3.63) is 92.2 Å². The predicted octanol–water partition coefficient (Wildman–Crippen LogP) is 3.94. The van der Waals surface area contributed by atoms with Crippen LogP contribution in [0.3, 0.4) is 0 Å². The molecule has 4 aromatic rings. The highest BCUT2D eigenvalue weighted by Gasteiger charge is 2.26. The molecular formula is C23H17ClFN3O4. The van der Waals surface area contributed by atoms with Gasteiger partial charge in [0.25, 0.3) is 5.56 Å². The molecule has 2 heterocycles. The van der Waals surface area contributed by atoms with Crippen LogP contribution in [0.15, 0.2) is 53.5 Å². The van der Waals surface area contributed by atoms with Crippen LogP contribution >= 0.6 is 11.6 Å². The Morgan fingerprint density at radius 3 is 2.62 bits per heavy atom. The van der Waals surface area contributed by atoms with Gasteiger partial charge >= 0.3 is 5.97 Å². The first kappa shape index (κ1) is 21.3. The summed E-state index contributed by atoms with van der Waals surface area (Å²) in [6.45, 7) is 1.53. The normalized spacial score (nSPS) is 11.1. The van der Waals surface area contributed by atoms with Gasteiger partial charge in [0.2, 0.25) is 5.91 Å². The van der Waals surface area contributed by atoms with Crippen LogP contribution in [0.25, 0.3) is 22.0 Å². The molecule has 0 aliphatic heterocycles. The number of aromatic amines is 1. The van der Waals surface area contributed by atoms with Crippen molar-refractivity contribution in [1.82, 2.24) is 9.55 Å². The molecule has 2 aromatic carbocycles. The van der Waals surface area contributed by atoms with E-state index >= 15 is 0 Å². The van der Waals surface area contributed by atoms with Crippen molar-refractivity contribution in [2.75, 3.05) is 0 Å². The quantitative estimate of drug-likeness (QED) is 0.424. The average molecular weight is 454 g/mol. The van der Waals surface area contributed by atoms with Crippen LogP contribution in [0, 0.1) is 12.7 Å². The number of amides is 1. The summed E-state index contributed by atoms with van der Waals surface area (Å²) in [5.41, 5.74) is 6.22. The van der Waals surface area contributed by atoms with E-state index in [1.165, 1.54) is 29.0 Å². The van der Waals surface area contributed by atoms with E-state index in [1.54, 1.807) is 25.1 Å². The number of carbonyl (C=O) groups is 2. The molecule has 0 unspecified atom stereocenters. The Balaban J connectivity index is 2.09. The summed E-state index contributed by atoms with van der Waals surface area (Å²) in [7, 11) is 0. The van der Waals surface area contributed by atoms with E-state index in [1.807, 2.05) is 0 Å². The summed E-state index contributed by atoms with van der Waals surface area (Å²) in [5.74, 6) is -2.68. The Morgan fingerprint density at radius 1 is 1.22 bits per heavy atom. The Labute approximate surface area is 185 Å². The molecule has 0 saturated carbocycles. The number of aryl methyl sites for hydroxylation is 1. The van der Waals surface area contributed by atoms with Crippen molar-refractivity contribution in [3.63, 3.8) is 0 Å². The number of fused-ring (bicyclic) bond motifs is 1. The molecule has 4 rings (SSSR count). The van der Waals surface area contributed by atoms with Gasteiger partial charge in [0, 0.05) is 38.9 Å². The minimum atomic E-state index is -1.31. The maximum atomic E-state index is 14.6. The average Bonchev–Trinajstić information content (AvgIpc) is 3.03. The zero-order valence-corrected chi connectivity index (χ0v) is 17.5. The Hall–Kier alpha value is -3.91. The number of H-pyrrole nitrogens is 1. The zero-order chi connectivity index (χ0) is 23.2. The molecule has 162 valence electrons. The number of aromatic nitrogens is 2. The number of rotatable bonds is 5. The minimum absolute atomic E-state index is 0.0610. The number of carboxylic acids is 1. The van der Waals surface area contributed by atoms with Crippen molar-refractivity contribution in [1.29, 1.82) is 0 Å². The molecule has 0 saturated heterocycles. The van der Waals surface area contributed by atoms with E-state index in [4.69, 9.17) is 17.3 Å². The molecule has 32 heavy (non-hydrogen) atoms. The summed E-state index contributed by atoms with van der Waals surface area (Å²) < 4.78 is 16.0. The van der Waals surface area contributed by atoms with Gasteiger partial charge in [0.05, 0.1) is 12.1 Å². The number of aromatic carboxylic acids is 1. The highest BCUT2D eigenvalue weighted by molar-refractivity contribution is 6.32. The molecule has 4 N–H and O–H groups in total. The Kier molecular flexibility index (Phi) is 5.31. The highest BCUT2D eigenvalue weighted by Crippen LogP contribution is 2.37. The molecule has 0 fully saturated rings. The molecule has 0 spiro atoms. The lowest BCUT2D eigenvalue weighted by atomic mass is 10.0. The van der Waals surface area contributed by atoms with E-state index in [9.17, 15) is 23.9 Å². The lowest BCUT2D eigenvalue weighted by Gasteiger charge is -2.11. The third-order valence-electron chi connectivity index (χ3n) is 5.29. The molecular weight excluding hydrogens is 437 g/mol. The first-order valence-corrected chi connectivity index (χ1v) is 9.88. The standard InChI is InChI=1S/C23H17ClFN3O4/c1-11-7-15-18(9-16(11)24)28(10-13-8-12(21(26)29)4-5-17(13)25)20(23(31)32)19(15)14-3-2-6-27-22(14)30/h2-9H,10H2,1H3,(H2,26,29)(H,27,30)(H,31,32). The van der Waals surface area contributed by atoms with Crippen LogP contribution in [0.1, 0.15) is 32.0 Å². The summed E-state index contributed by atoms with van der Waals surface area (Å²) in [4.78, 5) is 39.0. The van der Waals surface area contributed by atoms with Gasteiger partial charge in [-0.3, -0.25) is 9.59 Å². The van der Waals surface area contributed by atoms with Gasteiger partial charge in [-0.1, -0.05) is 11.6 Å². The van der Waals surface area contributed by atoms with Crippen molar-refractivity contribution >= 4 is 34.4 Å². The number of nitrogens with one attached hydrogen (secondary N) is 1. The van der Waals surface area contributed by atoms with Gasteiger partial charge in [0.1, 0.15) is 11.5 Å². The second-order valence-electron chi connectivity index (χ2n) is 7.32. The summed E-state index contributed by atoms with van der Waals surface area (Å²) >= 11 is 6.32. The molecule has 0 aliphatic rings. The number of halogens is 2. The Morgan fingerprint density at radius 2 is 1.97 bits per heavy atom. The smallest absolute Gasteiger partial charge is 0.353 e. The zero-order valence-electron chi connectivity index (χ0n) is 16.8. The molecule has 0 aliphatic carbocycles. The fourth-order valence-electron chi connectivity index (χ4n) is 3.77. The summed E-state index contributed by atoms with van der Waals surface area (Å²) in [5, 5.41) is 11.0. The van der Waals surface area contributed by atoms with E-state index in [-0.39, 0.29) is 34.5 Å². The van der Waals surface area contributed by atoms with Crippen molar-refractivity contribution in [2.45, 2.75) is 13.5 Å². The van der Waals surface area contributed by atoms with Crippen molar-refractivity contribution in [2.24, 2.45) is 5.73 Å². The number of nitrogens with two attached hydrogens (primary N) is 1. The number of primary amides is 1. The van der Waals surface area contributed by atoms with Crippen LogP contribution in [-0.4, -0.2) is 26.5 Å². The van der Waals surface area contributed by atoms with E-state index in [0.717, 1.165) is 6.07 Å². The fourth-order valence-corrected chi connectivity index (χ4v) is 3.93. The van der Waals surface area contributed by atoms with E-state index < -0.39 is 23.3 Å². The Bertz CT molecular complexity index is 1470. The van der Waals surface area contributed by atoms with Crippen molar-refractivity contribution < 1.29 is 19.1 Å². The third kappa shape index (κ3) is 3.54.